The van der Waals surface area contributed by atoms with E-state index in [9.17, 15) is 0 Å². The summed E-state index contributed by atoms with van der Waals surface area (Å²) in [6, 6.07) is 8.08. The summed E-state index contributed by atoms with van der Waals surface area (Å²) in [6.07, 6.45) is 11.7. The molecule has 1 aromatic rings. The van der Waals surface area contributed by atoms with Gasteiger partial charge in [0.2, 0.25) is 0 Å². The zero-order valence-electron chi connectivity index (χ0n) is 16.8. The van der Waals surface area contributed by atoms with Crippen molar-refractivity contribution in [2.24, 2.45) is 0 Å². The summed E-state index contributed by atoms with van der Waals surface area (Å²) < 4.78 is 5.12. The fourth-order valence-electron chi connectivity index (χ4n) is 2.34. The first kappa shape index (κ1) is 25.7. The summed E-state index contributed by atoms with van der Waals surface area (Å²) in [7, 11) is 1.67. The standard InChI is InChI=1S/C13H21NO2.C4H9N.C2H6.C2H2/c1-13(2,14-8-9-15)10-11-4-6-12(16-3)7-5-11;1-2-4-5-3-1;2*1-2/h4-7,14-15H,8-10H2,1-3H3;5H,1-4H2;1-2H3;1-2H. The number of β-amino-alcohol motifs (C(OH)–C–C–N with tert-alkyl or cyclic N) is 1. The first-order valence-electron chi connectivity index (χ1n) is 9.10. The lowest BCUT2D eigenvalue weighted by molar-refractivity contribution is 0.265. The molecule has 0 unspecified atom stereocenters. The maximum Gasteiger partial charge on any atom is 0.118 e. The van der Waals surface area contributed by atoms with Gasteiger partial charge in [0, 0.05) is 12.1 Å². The van der Waals surface area contributed by atoms with Gasteiger partial charge in [0.15, 0.2) is 0 Å². The Balaban J connectivity index is 0. The minimum Gasteiger partial charge on any atom is -0.497 e. The summed E-state index contributed by atoms with van der Waals surface area (Å²) in [5.74, 6) is 0.880. The number of aliphatic hydroxyl groups is 1. The van der Waals surface area contributed by atoms with Gasteiger partial charge in [-0.2, -0.15) is 0 Å². The molecule has 4 heteroatoms. The van der Waals surface area contributed by atoms with Crippen LogP contribution < -0.4 is 15.4 Å². The largest absolute Gasteiger partial charge is 0.497 e. The summed E-state index contributed by atoms with van der Waals surface area (Å²) in [4.78, 5) is 0. The first-order valence-corrected chi connectivity index (χ1v) is 9.10. The number of nitrogens with one attached hydrogen (secondary N) is 2. The minimum atomic E-state index is -0.00266. The molecule has 1 aliphatic heterocycles. The summed E-state index contributed by atoms with van der Waals surface area (Å²) >= 11 is 0. The van der Waals surface area contributed by atoms with Gasteiger partial charge in [0.1, 0.15) is 5.75 Å². The number of benzene rings is 1. The van der Waals surface area contributed by atoms with E-state index in [1.165, 1.54) is 31.5 Å². The van der Waals surface area contributed by atoms with Crippen LogP contribution in [0.3, 0.4) is 0 Å². The molecule has 0 amide bonds. The third-order valence-corrected chi connectivity index (χ3v) is 3.48. The quantitative estimate of drug-likeness (QED) is 0.690. The van der Waals surface area contributed by atoms with E-state index in [4.69, 9.17) is 9.84 Å². The first-order chi connectivity index (χ1) is 12.1. The van der Waals surface area contributed by atoms with E-state index in [0.29, 0.717) is 6.54 Å². The van der Waals surface area contributed by atoms with E-state index in [1.807, 2.05) is 26.0 Å². The molecule has 0 aromatic heterocycles. The average Bonchev–Trinajstić information content (AvgIpc) is 3.24. The van der Waals surface area contributed by atoms with Gasteiger partial charge in [-0.25, -0.2) is 0 Å². The lowest BCUT2D eigenvalue weighted by atomic mass is 9.95. The number of methoxy groups -OCH3 is 1. The summed E-state index contributed by atoms with van der Waals surface area (Å²) in [5, 5.41) is 15.3. The highest BCUT2D eigenvalue weighted by Crippen LogP contribution is 2.16. The number of terminal acetylenes is 1. The lowest BCUT2D eigenvalue weighted by Crippen LogP contribution is -2.42. The molecule has 0 radical (unpaired) electrons. The van der Waals surface area contributed by atoms with E-state index in [2.05, 4.69) is 49.5 Å². The molecule has 4 nitrogen and oxygen atoms in total. The van der Waals surface area contributed by atoms with Crippen molar-refractivity contribution in [1.82, 2.24) is 10.6 Å². The van der Waals surface area contributed by atoms with Gasteiger partial charge >= 0.3 is 0 Å². The molecule has 0 atom stereocenters. The zero-order valence-corrected chi connectivity index (χ0v) is 16.8. The van der Waals surface area contributed by atoms with Crippen LogP contribution in [-0.2, 0) is 6.42 Å². The lowest BCUT2D eigenvalue weighted by Gasteiger charge is -2.26. The van der Waals surface area contributed by atoms with E-state index in [0.717, 1.165) is 12.2 Å². The second-order valence-electron chi connectivity index (χ2n) is 6.02. The summed E-state index contributed by atoms with van der Waals surface area (Å²) in [6.45, 7) is 11.6. The number of ether oxygens (including phenoxy) is 1. The SMILES string of the molecule is C#C.C1CCNC1.CC.COc1ccc(CC(C)(C)NCCO)cc1. The van der Waals surface area contributed by atoms with Gasteiger partial charge in [-0.05, 0) is 63.9 Å². The normalized spacial score (nSPS) is 12.5. The van der Waals surface area contributed by atoms with Gasteiger partial charge in [0.05, 0.1) is 13.7 Å². The Bertz CT molecular complexity index is 402. The van der Waals surface area contributed by atoms with E-state index >= 15 is 0 Å². The van der Waals surface area contributed by atoms with Crippen LogP contribution in [0.2, 0.25) is 0 Å². The Morgan fingerprint density at radius 1 is 1.12 bits per heavy atom. The highest BCUT2D eigenvalue weighted by atomic mass is 16.5. The molecular formula is C21H38N2O2. The van der Waals surface area contributed by atoms with Gasteiger partial charge in [-0.3, -0.25) is 0 Å². The van der Waals surface area contributed by atoms with Crippen LogP contribution in [-0.4, -0.2) is 44.0 Å². The average molecular weight is 351 g/mol. The van der Waals surface area contributed by atoms with E-state index in [1.54, 1.807) is 7.11 Å². The Morgan fingerprint density at radius 2 is 1.64 bits per heavy atom. The fraction of sp³-hybridized carbons (Fsp3) is 0.619. The van der Waals surface area contributed by atoms with Crippen molar-refractivity contribution in [2.75, 3.05) is 33.4 Å². The van der Waals surface area contributed by atoms with Crippen molar-refractivity contribution in [2.45, 2.75) is 52.5 Å². The highest BCUT2D eigenvalue weighted by molar-refractivity contribution is 5.28. The van der Waals surface area contributed by atoms with Gasteiger partial charge in [-0.15, -0.1) is 12.8 Å². The molecule has 1 aliphatic rings. The number of rotatable bonds is 6. The maximum absolute atomic E-state index is 8.78. The molecule has 0 saturated carbocycles. The predicted octanol–water partition coefficient (Wildman–Crippen LogP) is 3.24. The van der Waals surface area contributed by atoms with Gasteiger partial charge < -0.3 is 20.5 Å². The minimum absolute atomic E-state index is 0.00266. The highest BCUT2D eigenvalue weighted by Gasteiger charge is 2.16. The smallest absolute Gasteiger partial charge is 0.118 e. The van der Waals surface area contributed by atoms with Crippen LogP contribution in [0.25, 0.3) is 0 Å². The molecule has 0 aliphatic carbocycles. The Hall–Kier alpha value is -1.54. The second-order valence-corrected chi connectivity index (χ2v) is 6.02. The molecule has 1 saturated heterocycles. The van der Waals surface area contributed by atoms with Crippen molar-refractivity contribution in [1.29, 1.82) is 0 Å². The Labute approximate surface area is 155 Å². The molecule has 2 rings (SSSR count). The molecule has 3 N–H and O–H groups in total. The molecule has 25 heavy (non-hydrogen) atoms. The molecule has 1 aromatic carbocycles. The third-order valence-electron chi connectivity index (χ3n) is 3.48. The number of hydrogen-bond acceptors (Lipinski definition) is 4. The van der Waals surface area contributed by atoms with Crippen LogP contribution in [0.1, 0.15) is 46.1 Å². The molecular weight excluding hydrogens is 312 g/mol. The van der Waals surface area contributed by atoms with Crippen LogP contribution in [0, 0.1) is 12.8 Å². The zero-order chi connectivity index (χ0) is 19.6. The van der Waals surface area contributed by atoms with Crippen LogP contribution >= 0.6 is 0 Å². The second kappa shape index (κ2) is 17.3. The predicted molar refractivity (Wildman–Crippen MR) is 109 cm³/mol. The van der Waals surface area contributed by atoms with Crippen LogP contribution in [0.4, 0.5) is 0 Å². The molecule has 0 spiro atoms. The topological polar surface area (TPSA) is 53.5 Å². The monoisotopic (exact) mass is 350 g/mol. The van der Waals surface area contributed by atoms with E-state index < -0.39 is 0 Å². The van der Waals surface area contributed by atoms with E-state index in [-0.39, 0.29) is 12.1 Å². The number of hydrogen-bond donors (Lipinski definition) is 3. The number of aliphatic hydroxyl groups excluding tert-OH is 1. The van der Waals surface area contributed by atoms with Crippen molar-refractivity contribution in [3.63, 3.8) is 0 Å². The maximum atomic E-state index is 8.78. The van der Waals surface area contributed by atoms with Crippen molar-refractivity contribution >= 4 is 0 Å². The van der Waals surface area contributed by atoms with Crippen molar-refractivity contribution < 1.29 is 9.84 Å². The molecule has 1 heterocycles. The van der Waals surface area contributed by atoms with Crippen LogP contribution in [0.5, 0.6) is 5.75 Å². The molecule has 144 valence electrons. The third kappa shape index (κ3) is 14.5. The summed E-state index contributed by atoms with van der Waals surface area (Å²) in [5.41, 5.74) is 1.26. The van der Waals surface area contributed by atoms with Crippen molar-refractivity contribution in [3.8, 4) is 18.6 Å². The van der Waals surface area contributed by atoms with Gasteiger partial charge in [-0.1, -0.05) is 26.0 Å². The Morgan fingerprint density at radius 3 is 2.00 bits per heavy atom. The molecule has 1 fully saturated rings. The molecule has 0 bridgehead atoms. The van der Waals surface area contributed by atoms with Crippen molar-refractivity contribution in [3.05, 3.63) is 29.8 Å². The Kier molecular flexibility index (Phi) is 17.8. The fourth-order valence-corrected chi connectivity index (χ4v) is 2.34. The van der Waals surface area contributed by atoms with Crippen LogP contribution in [0.15, 0.2) is 24.3 Å². The van der Waals surface area contributed by atoms with Gasteiger partial charge in [0.25, 0.3) is 0 Å².